The van der Waals surface area contributed by atoms with Crippen LogP contribution < -0.4 is 11.1 Å². The normalized spacial score (nSPS) is 18.2. The number of nitrogens with one attached hydrogen (secondary N) is 1. The minimum absolute atomic E-state index is 0.212. The fourth-order valence-corrected chi connectivity index (χ4v) is 4.71. The molecule has 1 aliphatic rings. The Hall–Kier alpha value is -3.78. The number of aromatic nitrogens is 4. The van der Waals surface area contributed by atoms with Crippen LogP contribution in [-0.4, -0.2) is 38.5 Å². The fraction of sp³-hybridized carbons (Fsp3) is 0.308. The van der Waals surface area contributed by atoms with E-state index in [0.717, 1.165) is 53.8 Å². The van der Waals surface area contributed by atoms with Gasteiger partial charge in [0.1, 0.15) is 28.7 Å². The number of carbonyl (C=O) groups is 1. The topological polar surface area (TPSA) is 107 Å². The molecule has 1 aromatic carbocycles. The molecule has 0 radical (unpaired) electrons. The molecule has 1 aliphatic carbocycles. The van der Waals surface area contributed by atoms with Crippen molar-refractivity contribution < 1.29 is 9.53 Å². The molecule has 1 fully saturated rings. The Kier molecular flexibility index (Phi) is 5.98. The van der Waals surface area contributed by atoms with Crippen LogP contribution in [-0.2, 0) is 4.74 Å². The van der Waals surface area contributed by atoms with Crippen molar-refractivity contribution in [3.8, 4) is 11.3 Å². The monoisotopic (exact) mass is 456 g/mol. The van der Waals surface area contributed by atoms with Crippen molar-refractivity contribution in [2.75, 3.05) is 18.2 Å². The van der Waals surface area contributed by atoms with E-state index < -0.39 is 0 Å². The number of nitrogens with zero attached hydrogens (tertiary/aromatic N) is 4. The summed E-state index contributed by atoms with van der Waals surface area (Å²) in [6, 6.07) is 11.1. The summed E-state index contributed by atoms with van der Waals surface area (Å²) in [5.41, 5.74) is 10.3. The highest BCUT2D eigenvalue weighted by molar-refractivity contribution is 6.04. The fourth-order valence-electron chi connectivity index (χ4n) is 4.71. The molecule has 0 atom stereocenters. The lowest BCUT2D eigenvalue weighted by atomic mass is 9.87. The second kappa shape index (κ2) is 9.23. The summed E-state index contributed by atoms with van der Waals surface area (Å²) in [6.07, 6.45) is 9.72. The number of hydrogen-bond acceptors (Lipinski definition) is 6. The first-order valence-electron chi connectivity index (χ1n) is 11.5. The van der Waals surface area contributed by atoms with Crippen LogP contribution in [0, 0.1) is 6.92 Å². The lowest BCUT2D eigenvalue weighted by Gasteiger charge is -2.26. The maximum absolute atomic E-state index is 12.7. The maximum Gasteiger partial charge on any atom is 0.256 e. The highest BCUT2D eigenvalue weighted by Gasteiger charge is 2.27. The third kappa shape index (κ3) is 4.24. The lowest BCUT2D eigenvalue weighted by Crippen LogP contribution is -2.20. The summed E-state index contributed by atoms with van der Waals surface area (Å²) in [7, 11) is 1.78. The number of amides is 1. The van der Waals surface area contributed by atoms with Crippen molar-refractivity contribution >= 4 is 23.1 Å². The van der Waals surface area contributed by atoms with Crippen LogP contribution in [0.25, 0.3) is 16.8 Å². The van der Waals surface area contributed by atoms with Gasteiger partial charge in [-0.25, -0.2) is 15.0 Å². The predicted molar refractivity (Wildman–Crippen MR) is 132 cm³/mol. The Morgan fingerprint density at radius 2 is 1.85 bits per heavy atom. The third-order valence-corrected chi connectivity index (χ3v) is 6.56. The SMILES string of the molecule is CO[C@H]1CC[C@@H](c2nc(-c3ccc(C(=O)Nc4cc(C)ccn4)cc3)c3c(N)nccn32)CC1. The summed E-state index contributed by atoms with van der Waals surface area (Å²) < 4.78 is 7.61. The summed E-state index contributed by atoms with van der Waals surface area (Å²) in [5.74, 6) is 2.09. The van der Waals surface area contributed by atoms with Gasteiger partial charge in [0.2, 0.25) is 0 Å². The van der Waals surface area contributed by atoms with Crippen LogP contribution in [0.2, 0.25) is 0 Å². The minimum Gasteiger partial charge on any atom is -0.382 e. The number of ether oxygens (including phenoxy) is 1. The van der Waals surface area contributed by atoms with E-state index in [-0.39, 0.29) is 5.91 Å². The summed E-state index contributed by atoms with van der Waals surface area (Å²) >= 11 is 0. The van der Waals surface area contributed by atoms with Crippen molar-refractivity contribution in [3.63, 3.8) is 0 Å². The second-order valence-electron chi connectivity index (χ2n) is 8.81. The molecule has 8 heteroatoms. The number of hydrogen-bond donors (Lipinski definition) is 2. The molecule has 0 spiro atoms. The molecule has 3 aromatic heterocycles. The molecule has 1 amide bonds. The molecule has 3 N–H and O–H groups in total. The average molecular weight is 457 g/mol. The number of rotatable bonds is 5. The molecule has 0 aliphatic heterocycles. The first kappa shape index (κ1) is 22.0. The molecule has 0 saturated heterocycles. The molecule has 0 unspecified atom stereocenters. The Bertz CT molecular complexity index is 1320. The lowest BCUT2D eigenvalue weighted by molar-refractivity contribution is 0.0650. The van der Waals surface area contributed by atoms with Crippen LogP contribution in [0.4, 0.5) is 11.6 Å². The number of nitrogen functional groups attached to an aromatic ring is 1. The zero-order valence-corrected chi connectivity index (χ0v) is 19.4. The van der Waals surface area contributed by atoms with E-state index in [4.69, 9.17) is 15.5 Å². The summed E-state index contributed by atoms with van der Waals surface area (Å²) in [6.45, 7) is 1.96. The van der Waals surface area contributed by atoms with Gasteiger partial charge in [0.25, 0.3) is 5.91 Å². The van der Waals surface area contributed by atoms with Gasteiger partial charge in [-0.1, -0.05) is 12.1 Å². The summed E-state index contributed by atoms with van der Waals surface area (Å²) in [5, 5.41) is 2.84. The van der Waals surface area contributed by atoms with Crippen LogP contribution in [0.5, 0.6) is 0 Å². The Morgan fingerprint density at radius 1 is 1.09 bits per heavy atom. The second-order valence-corrected chi connectivity index (χ2v) is 8.81. The van der Waals surface area contributed by atoms with E-state index in [1.54, 1.807) is 31.6 Å². The van der Waals surface area contributed by atoms with Crippen molar-refractivity contribution in [1.29, 1.82) is 0 Å². The number of benzene rings is 1. The number of pyridine rings is 1. The van der Waals surface area contributed by atoms with E-state index >= 15 is 0 Å². The van der Waals surface area contributed by atoms with Gasteiger partial charge in [-0.3, -0.25) is 9.20 Å². The molecule has 1 saturated carbocycles. The number of nitrogens with two attached hydrogens (primary N) is 1. The van der Waals surface area contributed by atoms with Gasteiger partial charge in [0.05, 0.1) is 6.10 Å². The highest BCUT2D eigenvalue weighted by atomic mass is 16.5. The van der Waals surface area contributed by atoms with E-state index in [2.05, 4.69) is 19.7 Å². The molecule has 0 bridgehead atoms. The van der Waals surface area contributed by atoms with Gasteiger partial charge in [-0.05, 0) is 62.4 Å². The standard InChI is InChI=1S/C26H28N6O2/c1-16-11-12-28-21(15-16)30-26(33)19-5-3-17(4-6-19)22-23-24(27)29-13-14-32(23)25(31-22)18-7-9-20(34-2)10-8-18/h3-6,11-15,18,20H,7-10H2,1-2H3,(H2,27,29)(H,28,30,33)/t18-,20+. The van der Waals surface area contributed by atoms with Crippen molar-refractivity contribution in [2.24, 2.45) is 0 Å². The number of methoxy groups -OCH3 is 1. The van der Waals surface area contributed by atoms with Crippen LogP contribution in [0.1, 0.15) is 53.3 Å². The van der Waals surface area contributed by atoms with E-state index in [0.29, 0.717) is 29.2 Å². The molecular formula is C26H28N6O2. The van der Waals surface area contributed by atoms with Gasteiger partial charge >= 0.3 is 0 Å². The van der Waals surface area contributed by atoms with Crippen molar-refractivity contribution in [2.45, 2.75) is 44.6 Å². The average Bonchev–Trinajstić information content (AvgIpc) is 3.25. The van der Waals surface area contributed by atoms with Gasteiger partial charge in [-0.2, -0.15) is 0 Å². The Morgan fingerprint density at radius 3 is 2.56 bits per heavy atom. The van der Waals surface area contributed by atoms with Gasteiger partial charge in [0.15, 0.2) is 0 Å². The number of aryl methyl sites for hydroxylation is 1. The minimum atomic E-state index is -0.212. The van der Waals surface area contributed by atoms with E-state index in [9.17, 15) is 4.79 Å². The number of anilines is 2. The van der Waals surface area contributed by atoms with Crippen molar-refractivity contribution in [1.82, 2.24) is 19.4 Å². The Labute approximate surface area is 198 Å². The first-order valence-corrected chi connectivity index (χ1v) is 11.5. The van der Waals surface area contributed by atoms with Crippen LogP contribution in [0.15, 0.2) is 55.0 Å². The molecule has 174 valence electrons. The van der Waals surface area contributed by atoms with E-state index in [1.165, 1.54) is 0 Å². The zero-order valence-electron chi connectivity index (χ0n) is 19.4. The van der Waals surface area contributed by atoms with Crippen molar-refractivity contribution in [3.05, 3.63) is 71.9 Å². The predicted octanol–water partition coefficient (Wildman–Crippen LogP) is 4.61. The Balaban J connectivity index is 1.44. The molecule has 8 nitrogen and oxygen atoms in total. The van der Waals surface area contributed by atoms with Gasteiger partial charge < -0.3 is 15.8 Å². The molecular weight excluding hydrogens is 428 g/mol. The highest BCUT2D eigenvalue weighted by Crippen LogP contribution is 2.37. The van der Waals surface area contributed by atoms with E-state index in [1.807, 2.05) is 37.4 Å². The molecule has 3 heterocycles. The van der Waals surface area contributed by atoms with Crippen LogP contribution in [0.3, 0.4) is 0 Å². The first-order chi connectivity index (χ1) is 16.5. The summed E-state index contributed by atoms with van der Waals surface area (Å²) in [4.78, 5) is 26.2. The zero-order chi connectivity index (χ0) is 23.7. The quantitative estimate of drug-likeness (QED) is 0.454. The number of fused-ring (bicyclic) bond motifs is 1. The maximum atomic E-state index is 12.7. The molecule has 34 heavy (non-hydrogen) atoms. The smallest absolute Gasteiger partial charge is 0.256 e. The largest absolute Gasteiger partial charge is 0.382 e. The number of carbonyl (C=O) groups excluding carboxylic acids is 1. The third-order valence-electron chi connectivity index (χ3n) is 6.56. The number of imidazole rings is 1. The molecule has 4 aromatic rings. The van der Waals surface area contributed by atoms with Crippen LogP contribution >= 0.6 is 0 Å². The van der Waals surface area contributed by atoms with Gasteiger partial charge in [0, 0.05) is 42.7 Å². The van der Waals surface area contributed by atoms with Gasteiger partial charge in [-0.15, -0.1) is 0 Å². The molecule has 5 rings (SSSR count).